The first-order valence-corrected chi connectivity index (χ1v) is 7.28. The van der Waals surface area contributed by atoms with Gasteiger partial charge in [-0.25, -0.2) is 4.98 Å². The summed E-state index contributed by atoms with van der Waals surface area (Å²) in [4.78, 5) is 11.4. The maximum absolute atomic E-state index is 4.52. The van der Waals surface area contributed by atoms with Gasteiger partial charge in [-0.2, -0.15) is 4.98 Å². The van der Waals surface area contributed by atoms with Crippen LogP contribution >= 0.6 is 0 Å². The van der Waals surface area contributed by atoms with E-state index in [4.69, 9.17) is 0 Å². The molecule has 5 heteroatoms. The second-order valence-corrected chi connectivity index (χ2v) is 5.67. The van der Waals surface area contributed by atoms with Gasteiger partial charge in [0.15, 0.2) is 0 Å². The molecule has 19 heavy (non-hydrogen) atoms. The van der Waals surface area contributed by atoms with E-state index in [-0.39, 0.29) is 0 Å². The summed E-state index contributed by atoms with van der Waals surface area (Å²) in [7, 11) is 1.85. The van der Waals surface area contributed by atoms with Crippen LogP contribution in [-0.4, -0.2) is 47.1 Å². The van der Waals surface area contributed by atoms with Gasteiger partial charge < -0.3 is 15.5 Å². The van der Waals surface area contributed by atoms with Crippen molar-refractivity contribution in [3.8, 4) is 0 Å². The third kappa shape index (κ3) is 2.66. The van der Waals surface area contributed by atoms with Gasteiger partial charge >= 0.3 is 0 Å². The summed E-state index contributed by atoms with van der Waals surface area (Å²) >= 11 is 0. The first-order chi connectivity index (χ1) is 9.26. The highest BCUT2D eigenvalue weighted by Crippen LogP contribution is 2.28. The van der Waals surface area contributed by atoms with Crippen molar-refractivity contribution >= 4 is 11.8 Å². The quantitative estimate of drug-likeness (QED) is 0.870. The molecule has 2 unspecified atom stereocenters. The largest absolute Gasteiger partial charge is 0.367 e. The van der Waals surface area contributed by atoms with Gasteiger partial charge in [0.05, 0.1) is 0 Å². The molecule has 0 aromatic carbocycles. The predicted octanol–water partition coefficient (Wildman–Crippen LogP) is 1.87. The van der Waals surface area contributed by atoms with Gasteiger partial charge in [-0.3, -0.25) is 0 Å². The molecular weight excluding hydrogens is 238 g/mol. The average molecular weight is 261 g/mol. The highest BCUT2D eigenvalue weighted by molar-refractivity contribution is 5.47. The van der Waals surface area contributed by atoms with E-state index in [1.54, 1.807) is 0 Å². The minimum Gasteiger partial charge on any atom is -0.367 e. The normalized spacial score (nSPS) is 27.1. The zero-order valence-corrected chi connectivity index (χ0v) is 11.8. The topological polar surface area (TPSA) is 53.1 Å². The van der Waals surface area contributed by atoms with Crippen molar-refractivity contribution in [3.63, 3.8) is 0 Å². The Kier molecular flexibility index (Phi) is 3.55. The summed E-state index contributed by atoms with van der Waals surface area (Å²) in [6.07, 6.45) is 7.08. The molecule has 0 radical (unpaired) electrons. The Bertz CT molecular complexity index is 447. The van der Waals surface area contributed by atoms with Crippen molar-refractivity contribution in [1.29, 1.82) is 0 Å². The van der Waals surface area contributed by atoms with E-state index >= 15 is 0 Å². The molecule has 3 rings (SSSR count). The van der Waals surface area contributed by atoms with E-state index in [0.29, 0.717) is 12.0 Å². The molecule has 2 aliphatic heterocycles. The number of nitrogens with one attached hydrogen (secondary N) is 2. The van der Waals surface area contributed by atoms with Gasteiger partial charge in [-0.05, 0) is 39.2 Å². The number of aromatic nitrogens is 2. The molecule has 104 valence electrons. The van der Waals surface area contributed by atoms with Gasteiger partial charge in [0.25, 0.3) is 0 Å². The molecule has 2 saturated heterocycles. The number of piperidine rings is 1. The number of rotatable bonds is 3. The second-order valence-electron chi connectivity index (χ2n) is 5.67. The Morgan fingerprint density at radius 1 is 1.32 bits per heavy atom. The maximum Gasteiger partial charge on any atom is 0.224 e. The Morgan fingerprint density at radius 2 is 2.21 bits per heavy atom. The molecule has 2 atom stereocenters. The fourth-order valence-electron chi connectivity index (χ4n) is 3.26. The van der Waals surface area contributed by atoms with Crippen molar-refractivity contribution in [3.05, 3.63) is 11.8 Å². The molecule has 3 heterocycles. The van der Waals surface area contributed by atoms with Gasteiger partial charge in [-0.1, -0.05) is 0 Å². The minimum atomic E-state index is 0.553. The van der Waals surface area contributed by atoms with Crippen LogP contribution < -0.4 is 10.6 Å². The monoisotopic (exact) mass is 261 g/mol. The molecule has 1 aromatic heterocycles. The summed E-state index contributed by atoms with van der Waals surface area (Å²) in [5.41, 5.74) is 1.12. The SMILES string of the molecule is CNc1ncc(C)c(NC2CCN3CCCC3C2)n1. The highest BCUT2D eigenvalue weighted by atomic mass is 15.2. The lowest BCUT2D eigenvalue weighted by Crippen LogP contribution is -2.43. The smallest absolute Gasteiger partial charge is 0.224 e. The Morgan fingerprint density at radius 3 is 3.05 bits per heavy atom. The highest BCUT2D eigenvalue weighted by Gasteiger charge is 2.31. The number of nitrogens with zero attached hydrogens (tertiary/aromatic N) is 3. The fourth-order valence-corrected chi connectivity index (χ4v) is 3.26. The van der Waals surface area contributed by atoms with E-state index in [0.717, 1.165) is 17.4 Å². The van der Waals surface area contributed by atoms with Crippen LogP contribution in [-0.2, 0) is 0 Å². The van der Waals surface area contributed by atoms with Crippen LogP contribution in [0.15, 0.2) is 6.20 Å². The third-order valence-corrected chi connectivity index (χ3v) is 4.36. The molecule has 5 nitrogen and oxygen atoms in total. The second kappa shape index (κ2) is 5.33. The molecule has 2 N–H and O–H groups in total. The van der Waals surface area contributed by atoms with Crippen molar-refractivity contribution in [2.75, 3.05) is 30.8 Å². The summed E-state index contributed by atoms with van der Waals surface area (Å²) in [5, 5.41) is 6.62. The Labute approximate surface area is 114 Å². The number of anilines is 2. The number of fused-ring (bicyclic) bond motifs is 1. The first-order valence-electron chi connectivity index (χ1n) is 7.28. The summed E-state index contributed by atoms with van der Waals surface area (Å²) < 4.78 is 0. The van der Waals surface area contributed by atoms with E-state index in [1.807, 2.05) is 13.2 Å². The van der Waals surface area contributed by atoms with Gasteiger partial charge in [-0.15, -0.1) is 0 Å². The van der Waals surface area contributed by atoms with Crippen LogP contribution in [0.3, 0.4) is 0 Å². The molecule has 0 saturated carbocycles. The van der Waals surface area contributed by atoms with Crippen LogP contribution in [0.1, 0.15) is 31.2 Å². The number of hydrogen-bond acceptors (Lipinski definition) is 5. The third-order valence-electron chi connectivity index (χ3n) is 4.36. The van der Waals surface area contributed by atoms with E-state index < -0.39 is 0 Å². The fraction of sp³-hybridized carbons (Fsp3) is 0.714. The van der Waals surface area contributed by atoms with E-state index in [9.17, 15) is 0 Å². The lowest BCUT2D eigenvalue weighted by Gasteiger charge is -2.35. The van der Waals surface area contributed by atoms with Gasteiger partial charge in [0.2, 0.25) is 5.95 Å². The summed E-state index contributed by atoms with van der Waals surface area (Å²) in [6.45, 7) is 4.59. The van der Waals surface area contributed by atoms with Crippen molar-refractivity contribution in [2.45, 2.75) is 44.7 Å². The Balaban J connectivity index is 1.68. The molecular formula is C14H23N5. The number of aryl methyl sites for hydroxylation is 1. The van der Waals surface area contributed by atoms with Gasteiger partial charge in [0, 0.05) is 37.4 Å². The zero-order valence-electron chi connectivity index (χ0n) is 11.8. The lowest BCUT2D eigenvalue weighted by molar-refractivity contribution is 0.188. The molecule has 0 amide bonds. The van der Waals surface area contributed by atoms with Crippen LogP contribution in [0.25, 0.3) is 0 Å². The first kappa shape index (κ1) is 12.7. The summed E-state index contributed by atoms with van der Waals surface area (Å²) in [5.74, 6) is 1.67. The van der Waals surface area contributed by atoms with Crippen molar-refractivity contribution in [2.24, 2.45) is 0 Å². The molecule has 0 spiro atoms. The van der Waals surface area contributed by atoms with Crippen LogP contribution in [0.4, 0.5) is 11.8 Å². The maximum atomic E-state index is 4.52. The minimum absolute atomic E-state index is 0.553. The van der Waals surface area contributed by atoms with Crippen LogP contribution in [0, 0.1) is 6.92 Å². The van der Waals surface area contributed by atoms with Crippen molar-refractivity contribution < 1.29 is 0 Å². The zero-order chi connectivity index (χ0) is 13.2. The molecule has 2 aliphatic rings. The van der Waals surface area contributed by atoms with Gasteiger partial charge in [0.1, 0.15) is 5.82 Å². The molecule has 0 aliphatic carbocycles. The van der Waals surface area contributed by atoms with Crippen LogP contribution in [0.5, 0.6) is 0 Å². The lowest BCUT2D eigenvalue weighted by atomic mass is 9.97. The van der Waals surface area contributed by atoms with E-state index in [2.05, 4.69) is 32.4 Å². The molecule has 0 bridgehead atoms. The molecule has 2 fully saturated rings. The van der Waals surface area contributed by atoms with Crippen molar-refractivity contribution in [1.82, 2.24) is 14.9 Å². The average Bonchev–Trinajstić information content (AvgIpc) is 2.89. The summed E-state index contributed by atoms with van der Waals surface area (Å²) in [6, 6.07) is 1.34. The van der Waals surface area contributed by atoms with E-state index in [1.165, 1.54) is 38.8 Å². The Hall–Kier alpha value is -1.36. The number of hydrogen-bond donors (Lipinski definition) is 2. The predicted molar refractivity (Wildman–Crippen MR) is 77.6 cm³/mol. The standard InChI is InChI=1S/C14H23N5/c1-10-9-16-14(15-2)18-13(10)17-11-5-7-19-6-3-4-12(19)8-11/h9,11-12H,3-8H2,1-2H3,(H2,15,16,17,18). The molecule has 1 aromatic rings. The van der Waals surface area contributed by atoms with Crippen LogP contribution in [0.2, 0.25) is 0 Å².